The van der Waals surface area contributed by atoms with Crippen LogP contribution in [0.15, 0.2) is 6.07 Å². The Hall–Kier alpha value is -0.800. The smallest absolute Gasteiger partial charge is 0.0479 e. The molecule has 1 aromatic heterocycles. The second-order valence-corrected chi connectivity index (χ2v) is 3.92. The minimum absolute atomic E-state index is 0.832. The summed E-state index contributed by atoms with van der Waals surface area (Å²) >= 11 is 0. The summed E-state index contributed by atoms with van der Waals surface area (Å²) < 4.78 is 7.44. The quantitative estimate of drug-likeness (QED) is 0.725. The van der Waals surface area contributed by atoms with Crippen LogP contribution in [0.25, 0.3) is 0 Å². The fraction of sp³-hybridized carbons (Fsp3) is 0.667. The van der Waals surface area contributed by atoms with Gasteiger partial charge < -0.3 is 14.6 Å². The van der Waals surface area contributed by atoms with E-state index in [9.17, 15) is 0 Å². The number of hydrogen-bond acceptors (Lipinski definition) is 2. The van der Waals surface area contributed by atoms with Gasteiger partial charge in [0.05, 0.1) is 0 Å². The Kier molecular flexibility index (Phi) is 4.85. The van der Waals surface area contributed by atoms with Crippen LogP contribution in [0.3, 0.4) is 0 Å². The molecule has 86 valence electrons. The highest BCUT2D eigenvalue weighted by Gasteiger charge is 2.07. The van der Waals surface area contributed by atoms with Crippen molar-refractivity contribution in [3.8, 4) is 0 Å². The molecule has 0 saturated heterocycles. The van der Waals surface area contributed by atoms with Crippen LogP contribution < -0.4 is 5.32 Å². The molecule has 0 spiro atoms. The molecular formula is C12H22N2O. The molecular weight excluding hydrogens is 188 g/mol. The van der Waals surface area contributed by atoms with Crippen molar-refractivity contribution in [3.63, 3.8) is 0 Å². The predicted octanol–water partition coefficient (Wildman–Crippen LogP) is 1.86. The Bertz CT molecular complexity index is 305. The first kappa shape index (κ1) is 12.3. The van der Waals surface area contributed by atoms with Crippen molar-refractivity contribution in [2.45, 2.75) is 33.4 Å². The first-order chi connectivity index (χ1) is 7.20. The van der Waals surface area contributed by atoms with Crippen molar-refractivity contribution in [2.75, 3.05) is 20.8 Å². The number of aromatic nitrogens is 1. The zero-order chi connectivity index (χ0) is 11.3. The van der Waals surface area contributed by atoms with Crippen molar-refractivity contribution >= 4 is 0 Å². The molecule has 0 saturated carbocycles. The molecule has 0 aliphatic heterocycles. The number of ether oxygens (including phenoxy) is 1. The summed E-state index contributed by atoms with van der Waals surface area (Å²) in [6.07, 6.45) is 1.08. The second-order valence-electron chi connectivity index (χ2n) is 3.92. The van der Waals surface area contributed by atoms with Crippen molar-refractivity contribution in [2.24, 2.45) is 0 Å². The van der Waals surface area contributed by atoms with E-state index in [0.29, 0.717) is 0 Å². The van der Waals surface area contributed by atoms with Gasteiger partial charge in [0.25, 0.3) is 0 Å². The predicted molar refractivity (Wildman–Crippen MR) is 63.2 cm³/mol. The molecule has 0 unspecified atom stereocenters. The fourth-order valence-corrected chi connectivity index (χ4v) is 1.95. The largest absolute Gasteiger partial charge is 0.385 e. The summed E-state index contributed by atoms with van der Waals surface area (Å²) in [6.45, 7) is 7.18. The highest BCUT2D eigenvalue weighted by molar-refractivity contribution is 5.26. The van der Waals surface area contributed by atoms with Gasteiger partial charge in [-0.2, -0.15) is 0 Å². The van der Waals surface area contributed by atoms with Crippen LogP contribution in [0.5, 0.6) is 0 Å². The highest BCUT2D eigenvalue weighted by Crippen LogP contribution is 2.15. The molecule has 1 heterocycles. The monoisotopic (exact) mass is 210 g/mol. The van der Waals surface area contributed by atoms with E-state index in [-0.39, 0.29) is 0 Å². The van der Waals surface area contributed by atoms with E-state index in [1.165, 1.54) is 17.0 Å². The molecule has 15 heavy (non-hydrogen) atoms. The van der Waals surface area contributed by atoms with Crippen molar-refractivity contribution in [1.82, 2.24) is 9.88 Å². The summed E-state index contributed by atoms with van der Waals surface area (Å²) in [5.41, 5.74) is 4.11. The van der Waals surface area contributed by atoms with Crippen LogP contribution in [0.1, 0.15) is 23.4 Å². The summed E-state index contributed by atoms with van der Waals surface area (Å²) in [4.78, 5) is 0. The third-order valence-corrected chi connectivity index (χ3v) is 2.78. The molecule has 0 aliphatic carbocycles. The van der Waals surface area contributed by atoms with E-state index in [2.05, 4.69) is 29.8 Å². The summed E-state index contributed by atoms with van der Waals surface area (Å²) in [5, 5.41) is 3.19. The molecule has 0 atom stereocenters. The lowest BCUT2D eigenvalue weighted by molar-refractivity contribution is 0.190. The molecule has 0 aliphatic rings. The first-order valence-corrected chi connectivity index (χ1v) is 5.49. The molecule has 0 radical (unpaired) electrons. The van der Waals surface area contributed by atoms with Gasteiger partial charge in [0, 0.05) is 38.2 Å². The van der Waals surface area contributed by atoms with Gasteiger partial charge in [0.1, 0.15) is 0 Å². The van der Waals surface area contributed by atoms with Crippen LogP contribution in [0.2, 0.25) is 0 Å². The van der Waals surface area contributed by atoms with Crippen LogP contribution in [0, 0.1) is 13.8 Å². The minimum atomic E-state index is 0.832. The second kappa shape index (κ2) is 5.93. The van der Waals surface area contributed by atoms with Gasteiger partial charge >= 0.3 is 0 Å². The molecule has 3 heteroatoms. The van der Waals surface area contributed by atoms with Crippen molar-refractivity contribution < 1.29 is 4.74 Å². The van der Waals surface area contributed by atoms with Gasteiger partial charge in [-0.1, -0.05) is 0 Å². The Balaban J connectivity index is 2.69. The van der Waals surface area contributed by atoms with Gasteiger partial charge in [0.15, 0.2) is 0 Å². The van der Waals surface area contributed by atoms with Crippen LogP contribution in [-0.2, 0) is 17.8 Å². The third-order valence-electron chi connectivity index (χ3n) is 2.78. The van der Waals surface area contributed by atoms with Crippen LogP contribution in [0.4, 0.5) is 0 Å². The van der Waals surface area contributed by atoms with E-state index >= 15 is 0 Å². The van der Waals surface area contributed by atoms with Crippen LogP contribution in [-0.4, -0.2) is 25.3 Å². The lowest BCUT2D eigenvalue weighted by atomic mass is 10.2. The third kappa shape index (κ3) is 3.08. The van der Waals surface area contributed by atoms with Gasteiger partial charge in [0.2, 0.25) is 0 Å². The minimum Gasteiger partial charge on any atom is -0.385 e. The summed E-state index contributed by atoms with van der Waals surface area (Å²) in [6, 6.07) is 2.26. The SMILES string of the molecule is CNCc1cc(C)n(CCCOC)c1C. The fourth-order valence-electron chi connectivity index (χ4n) is 1.95. The zero-order valence-electron chi connectivity index (χ0n) is 10.3. The molecule has 0 bridgehead atoms. The average Bonchev–Trinajstić information content (AvgIpc) is 2.46. The Morgan fingerprint density at radius 3 is 2.73 bits per heavy atom. The molecule has 1 N–H and O–H groups in total. The van der Waals surface area contributed by atoms with E-state index in [0.717, 1.165) is 26.1 Å². The van der Waals surface area contributed by atoms with Crippen molar-refractivity contribution in [1.29, 1.82) is 0 Å². The maximum atomic E-state index is 5.07. The van der Waals surface area contributed by atoms with E-state index in [1.54, 1.807) is 7.11 Å². The van der Waals surface area contributed by atoms with E-state index in [1.807, 2.05) is 7.05 Å². The topological polar surface area (TPSA) is 26.2 Å². The van der Waals surface area contributed by atoms with Gasteiger partial charge in [-0.15, -0.1) is 0 Å². The van der Waals surface area contributed by atoms with Crippen molar-refractivity contribution in [3.05, 3.63) is 23.0 Å². The number of methoxy groups -OCH3 is 1. The zero-order valence-corrected chi connectivity index (χ0v) is 10.3. The van der Waals surface area contributed by atoms with Gasteiger partial charge in [-0.05, 0) is 38.9 Å². The number of nitrogens with one attached hydrogen (secondary N) is 1. The maximum absolute atomic E-state index is 5.07. The molecule has 0 amide bonds. The summed E-state index contributed by atoms with van der Waals surface area (Å²) in [5.74, 6) is 0. The normalized spacial score (nSPS) is 10.9. The number of aryl methyl sites for hydroxylation is 1. The van der Waals surface area contributed by atoms with Gasteiger partial charge in [-0.25, -0.2) is 0 Å². The van der Waals surface area contributed by atoms with Crippen LogP contribution >= 0.6 is 0 Å². The maximum Gasteiger partial charge on any atom is 0.0479 e. The molecule has 1 rings (SSSR count). The molecule has 0 fully saturated rings. The average molecular weight is 210 g/mol. The number of nitrogens with zero attached hydrogens (tertiary/aromatic N) is 1. The van der Waals surface area contributed by atoms with Gasteiger partial charge in [-0.3, -0.25) is 0 Å². The highest BCUT2D eigenvalue weighted by atomic mass is 16.5. The molecule has 3 nitrogen and oxygen atoms in total. The Morgan fingerprint density at radius 2 is 2.13 bits per heavy atom. The van der Waals surface area contributed by atoms with E-state index < -0.39 is 0 Å². The standard InChI is InChI=1S/C12H22N2O/c1-10-8-12(9-13-3)11(2)14(10)6-5-7-15-4/h8,13H,5-7,9H2,1-4H3. The Labute approximate surface area is 92.4 Å². The summed E-state index contributed by atoms with van der Waals surface area (Å²) in [7, 11) is 3.73. The molecule has 0 aromatic carbocycles. The number of hydrogen-bond donors (Lipinski definition) is 1. The van der Waals surface area contributed by atoms with E-state index in [4.69, 9.17) is 4.74 Å². The first-order valence-electron chi connectivity index (χ1n) is 5.49. The lowest BCUT2D eigenvalue weighted by Gasteiger charge is -2.09. The lowest BCUT2D eigenvalue weighted by Crippen LogP contribution is -2.08. The molecule has 1 aromatic rings. The number of rotatable bonds is 6. The Morgan fingerprint density at radius 1 is 1.40 bits per heavy atom.